The second-order valence-corrected chi connectivity index (χ2v) is 4.82. The fourth-order valence-corrected chi connectivity index (χ4v) is 2.25. The second kappa shape index (κ2) is 6.85. The van der Waals surface area contributed by atoms with Gasteiger partial charge in [-0.05, 0) is 18.1 Å². The van der Waals surface area contributed by atoms with Crippen molar-refractivity contribution in [2.75, 3.05) is 0 Å². The molecule has 0 fully saturated rings. The van der Waals surface area contributed by atoms with Crippen LogP contribution in [0.15, 0.2) is 48.5 Å². The van der Waals surface area contributed by atoms with E-state index in [2.05, 4.69) is 5.32 Å². The van der Waals surface area contributed by atoms with E-state index in [1.54, 1.807) is 24.3 Å². The highest BCUT2D eigenvalue weighted by Gasteiger charge is 2.13. The lowest BCUT2D eigenvalue weighted by Gasteiger charge is -2.17. The van der Waals surface area contributed by atoms with Crippen molar-refractivity contribution in [1.82, 2.24) is 5.32 Å². The highest BCUT2D eigenvalue weighted by Crippen LogP contribution is 2.23. The highest BCUT2D eigenvalue weighted by atomic mass is 16.6. The summed E-state index contributed by atoms with van der Waals surface area (Å²) in [5, 5.41) is 23.9. The maximum Gasteiger partial charge on any atom is 0.269 e. The molecule has 0 bridgehead atoms. The van der Waals surface area contributed by atoms with Crippen molar-refractivity contribution < 1.29 is 10.0 Å². The molecule has 2 aromatic rings. The summed E-state index contributed by atoms with van der Waals surface area (Å²) >= 11 is 0. The molecule has 2 aromatic carbocycles. The molecule has 5 heteroatoms. The van der Waals surface area contributed by atoms with E-state index in [0.717, 1.165) is 17.5 Å². The first-order valence-electron chi connectivity index (χ1n) is 6.86. The van der Waals surface area contributed by atoms with Gasteiger partial charge in [-0.2, -0.15) is 0 Å². The molecule has 0 aliphatic carbocycles. The van der Waals surface area contributed by atoms with E-state index in [9.17, 15) is 15.2 Å². The maximum absolute atomic E-state index is 10.8. The molecule has 5 nitrogen and oxygen atoms in total. The van der Waals surface area contributed by atoms with Gasteiger partial charge in [0.1, 0.15) is 5.75 Å². The van der Waals surface area contributed by atoms with Crippen LogP contribution in [-0.4, -0.2) is 10.0 Å². The van der Waals surface area contributed by atoms with Crippen LogP contribution in [-0.2, 0) is 6.54 Å². The highest BCUT2D eigenvalue weighted by molar-refractivity contribution is 5.36. The van der Waals surface area contributed by atoms with Gasteiger partial charge in [0.15, 0.2) is 0 Å². The van der Waals surface area contributed by atoms with E-state index in [0.29, 0.717) is 6.54 Å². The predicted molar refractivity (Wildman–Crippen MR) is 81.1 cm³/mol. The standard InChI is InChI=1S/C16H18N2O3/c1-2-15(12-7-5-8-14(10-12)18(20)21)17-11-13-6-3-4-9-16(13)19/h3-10,15,17,19H,2,11H2,1H3. The number of para-hydroxylation sites is 1. The Balaban J connectivity index is 2.11. The van der Waals surface area contributed by atoms with Crippen LogP contribution in [0.1, 0.15) is 30.5 Å². The molecular weight excluding hydrogens is 268 g/mol. The molecule has 0 saturated carbocycles. The van der Waals surface area contributed by atoms with Crippen LogP contribution in [0.2, 0.25) is 0 Å². The van der Waals surface area contributed by atoms with Crippen LogP contribution in [0.4, 0.5) is 5.69 Å². The third kappa shape index (κ3) is 3.79. The first-order chi connectivity index (χ1) is 10.1. The molecule has 2 rings (SSSR count). The van der Waals surface area contributed by atoms with Gasteiger partial charge in [-0.1, -0.05) is 37.3 Å². The number of benzene rings is 2. The Bertz CT molecular complexity index is 628. The fourth-order valence-electron chi connectivity index (χ4n) is 2.25. The van der Waals surface area contributed by atoms with Crippen molar-refractivity contribution in [3.8, 4) is 5.75 Å². The summed E-state index contributed by atoms with van der Waals surface area (Å²) in [6, 6.07) is 13.8. The first-order valence-corrected chi connectivity index (χ1v) is 6.86. The number of aromatic hydroxyl groups is 1. The van der Waals surface area contributed by atoms with Gasteiger partial charge in [-0.15, -0.1) is 0 Å². The number of hydrogen-bond acceptors (Lipinski definition) is 4. The normalized spacial score (nSPS) is 12.0. The van der Waals surface area contributed by atoms with Gasteiger partial charge >= 0.3 is 0 Å². The summed E-state index contributed by atoms with van der Waals surface area (Å²) in [7, 11) is 0. The molecule has 0 aromatic heterocycles. The van der Waals surface area contributed by atoms with Gasteiger partial charge in [0, 0.05) is 30.3 Å². The minimum atomic E-state index is -0.390. The zero-order chi connectivity index (χ0) is 15.2. The molecule has 0 heterocycles. The van der Waals surface area contributed by atoms with Crippen LogP contribution in [0.3, 0.4) is 0 Å². The number of phenolic OH excluding ortho intramolecular Hbond substituents is 1. The zero-order valence-corrected chi connectivity index (χ0v) is 11.8. The van der Waals surface area contributed by atoms with Gasteiger partial charge in [-0.3, -0.25) is 10.1 Å². The fraction of sp³-hybridized carbons (Fsp3) is 0.250. The summed E-state index contributed by atoms with van der Waals surface area (Å²) in [6.45, 7) is 2.52. The van der Waals surface area contributed by atoms with E-state index >= 15 is 0 Å². The number of hydrogen-bond donors (Lipinski definition) is 2. The third-order valence-electron chi connectivity index (χ3n) is 3.42. The van der Waals surface area contributed by atoms with Gasteiger partial charge in [0.2, 0.25) is 0 Å². The average molecular weight is 286 g/mol. The lowest BCUT2D eigenvalue weighted by atomic mass is 10.0. The number of phenols is 1. The zero-order valence-electron chi connectivity index (χ0n) is 11.8. The molecule has 2 N–H and O–H groups in total. The lowest BCUT2D eigenvalue weighted by molar-refractivity contribution is -0.384. The summed E-state index contributed by atoms with van der Waals surface area (Å²) in [5.41, 5.74) is 1.78. The summed E-state index contributed by atoms with van der Waals surface area (Å²) in [5.74, 6) is 0.249. The number of nitrogens with zero attached hydrogens (tertiary/aromatic N) is 1. The van der Waals surface area contributed by atoms with Crippen LogP contribution in [0.25, 0.3) is 0 Å². The SMILES string of the molecule is CCC(NCc1ccccc1O)c1cccc([N+](=O)[O-])c1. The van der Waals surface area contributed by atoms with Gasteiger partial charge in [0.05, 0.1) is 4.92 Å². The van der Waals surface area contributed by atoms with E-state index in [4.69, 9.17) is 0 Å². The van der Waals surface area contributed by atoms with Gasteiger partial charge < -0.3 is 10.4 Å². The Morgan fingerprint density at radius 1 is 1.24 bits per heavy atom. The molecule has 0 radical (unpaired) electrons. The minimum Gasteiger partial charge on any atom is -0.508 e. The summed E-state index contributed by atoms with van der Waals surface area (Å²) in [4.78, 5) is 10.5. The molecule has 0 amide bonds. The Hall–Kier alpha value is -2.40. The molecule has 110 valence electrons. The number of non-ortho nitro benzene ring substituents is 1. The lowest BCUT2D eigenvalue weighted by Crippen LogP contribution is -2.20. The van der Waals surface area contributed by atoms with Crippen molar-refractivity contribution in [3.63, 3.8) is 0 Å². The van der Waals surface area contributed by atoms with Crippen molar-refractivity contribution in [2.45, 2.75) is 25.9 Å². The van der Waals surface area contributed by atoms with Crippen molar-refractivity contribution in [3.05, 3.63) is 69.8 Å². The van der Waals surface area contributed by atoms with Crippen LogP contribution < -0.4 is 5.32 Å². The monoisotopic (exact) mass is 286 g/mol. The van der Waals surface area contributed by atoms with E-state index in [1.165, 1.54) is 6.07 Å². The topological polar surface area (TPSA) is 75.4 Å². The van der Waals surface area contributed by atoms with Crippen LogP contribution >= 0.6 is 0 Å². The molecular formula is C16H18N2O3. The number of nitrogens with one attached hydrogen (secondary N) is 1. The Morgan fingerprint density at radius 2 is 2.00 bits per heavy atom. The molecule has 1 atom stereocenters. The van der Waals surface area contributed by atoms with Crippen LogP contribution in [0, 0.1) is 10.1 Å². The van der Waals surface area contributed by atoms with Gasteiger partial charge in [-0.25, -0.2) is 0 Å². The van der Waals surface area contributed by atoms with Crippen LogP contribution in [0.5, 0.6) is 5.75 Å². The molecule has 0 saturated heterocycles. The molecule has 21 heavy (non-hydrogen) atoms. The smallest absolute Gasteiger partial charge is 0.269 e. The van der Waals surface area contributed by atoms with E-state index < -0.39 is 0 Å². The molecule has 0 aliphatic heterocycles. The van der Waals surface area contributed by atoms with Crippen molar-refractivity contribution in [2.24, 2.45) is 0 Å². The quantitative estimate of drug-likeness (QED) is 0.629. The average Bonchev–Trinajstić information content (AvgIpc) is 2.50. The second-order valence-electron chi connectivity index (χ2n) is 4.82. The molecule has 0 aliphatic rings. The number of nitro benzene ring substituents is 1. The third-order valence-corrected chi connectivity index (χ3v) is 3.42. The Morgan fingerprint density at radius 3 is 2.67 bits per heavy atom. The maximum atomic E-state index is 10.8. The number of rotatable bonds is 6. The minimum absolute atomic E-state index is 0.00417. The van der Waals surface area contributed by atoms with Gasteiger partial charge in [0.25, 0.3) is 5.69 Å². The molecule has 1 unspecified atom stereocenters. The Kier molecular flexibility index (Phi) is 4.90. The Labute approximate surface area is 123 Å². The number of nitro groups is 1. The van der Waals surface area contributed by atoms with E-state index in [-0.39, 0.29) is 22.4 Å². The van der Waals surface area contributed by atoms with Crippen molar-refractivity contribution >= 4 is 5.69 Å². The summed E-state index contributed by atoms with van der Waals surface area (Å²) < 4.78 is 0. The van der Waals surface area contributed by atoms with E-state index in [1.807, 2.05) is 25.1 Å². The molecule has 0 spiro atoms. The largest absolute Gasteiger partial charge is 0.508 e. The predicted octanol–water partition coefficient (Wildman–Crippen LogP) is 3.54. The van der Waals surface area contributed by atoms with Crippen molar-refractivity contribution in [1.29, 1.82) is 0 Å². The summed E-state index contributed by atoms with van der Waals surface area (Å²) in [6.07, 6.45) is 0.800. The first kappa shape index (κ1) is 15.0.